The Balaban J connectivity index is 0.000000907. The van der Waals surface area contributed by atoms with E-state index in [4.69, 9.17) is 37.7 Å². The zero-order valence-electron chi connectivity index (χ0n) is 40.1. The van der Waals surface area contributed by atoms with Crippen LogP contribution in [0.1, 0.15) is 6.92 Å². The van der Waals surface area contributed by atoms with Gasteiger partial charge in [0, 0.05) is 6.92 Å². The highest BCUT2D eigenvalue weighted by atomic mass is 32.3. The Labute approximate surface area is 450 Å². The van der Waals surface area contributed by atoms with Gasteiger partial charge in [-0.15, -0.1) is 0 Å². The summed E-state index contributed by atoms with van der Waals surface area (Å²) >= 11 is 0. The first-order valence-electron chi connectivity index (χ1n) is 22.3. The molecule has 0 aromatic rings. The summed E-state index contributed by atoms with van der Waals surface area (Å²) in [6, 6.07) is -4.96. The second kappa shape index (κ2) is 25.7. The van der Waals surface area contributed by atoms with E-state index in [0.29, 0.717) is 0 Å². The van der Waals surface area contributed by atoms with Crippen LogP contribution in [-0.4, -0.2) is 319 Å². The number of carbonyl (C=O) groups excluding carboxylic acids is 1. The highest BCUT2D eigenvalue weighted by Gasteiger charge is 2.60. The van der Waals surface area contributed by atoms with Gasteiger partial charge in [0.2, 0.25) is 5.91 Å². The van der Waals surface area contributed by atoms with Crippen LogP contribution in [0.15, 0.2) is 0 Å². The fourth-order valence-corrected chi connectivity index (χ4v) is 11.7. The van der Waals surface area contributed by atoms with Crippen molar-refractivity contribution in [3.8, 4) is 0 Å². The molecule has 43 nitrogen and oxygen atoms in total. The number of carbonyl (C=O) groups is 3. The van der Waals surface area contributed by atoms with Gasteiger partial charge in [-0.3, -0.25) is 47.2 Å². The van der Waals surface area contributed by atoms with Crippen molar-refractivity contribution in [1.29, 1.82) is 0 Å². The van der Waals surface area contributed by atoms with Gasteiger partial charge in [0.25, 0.3) is 0 Å². The molecule has 0 aromatic heterocycles. The van der Waals surface area contributed by atoms with Crippen LogP contribution in [0.4, 0.5) is 0 Å². The molecule has 20 atom stereocenters. The predicted octanol–water partition coefficient (Wildman–Crippen LogP) is -11.7. The minimum atomic E-state index is -6.09. The molecule has 48 heteroatoms. The first-order chi connectivity index (χ1) is 36.7. The third kappa shape index (κ3) is 17.6. The Morgan fingerprint density at radius 2 is 0.938 bits per heavy atom. The molecule has 8 aliphatic rings. The molecule has 0 radical (unpaired) electrons. The van der Waals surface area contributed by atoms with Gasteiger partial charge in [-0.25, -0.2) is 26.3 Å². The number of nitrogens with one attached hydrogen (secondary N) is 2. The maximum Gasteiger partial charge on any atom is 0.397 e. The van der Waals surface area contributed by atoms with Gasteiger partial charge in [-0.2, -0.15) is 46.8 Å². The van der Waals surface area contributed by atoms with E-state index in [1.807, 2.05) is 5.32 Å². The van der Waals surface area contributed by atoms with Crippen molar-refractivity contribution in [1.82, 2.24) is 29.6 Å². The lowest BCUT2D eigenvalue weighted by Gasteiger charge is -2.56. The molecule has 8 aliphatic heterocycles. The zero-order valence-corrected chi connectivity index (χ0v) is 44.2. The average molecular weight is 1280 g/mol. The summed E-state index contributed by atoms with van der Waals surface area (Å²) in [5.74, 6) is -5.49. The number of aliphatic carboxylic acids is 2. The lowest BCUT2D eigenvalue weighted by Crippen LogP contribution is -2.71. The second-order valence-electron chi connectivity index (χ2n) is 18.1. The molecule has 15 N–H and O–H groups in total. The van der Waals surface area contributed by atoms with Crippen LogP contribution in [0.5, 0.6) is 0 Å². The molecule has 8 fully saturated rings. The summed E-state index contributed by atoms with van der Waals surface area (Å²) in [5, 5.41) is 86.0. The molecule has 0 aromatic carbocycles. The van der Waals surface area contributed by atoms with Crippen molar-refractivity contribution in [2.75, 3.05) is 53.2 Å². The van der Waals surface area contributed by atoms with Crippen molar-refractivity contribution in [2.24, 2.45) is 0 Å². The lowest BCUT2D eigenvalue weighted by molar-refractivity contribution is -0.366. The van der Waals surface area contributed by atoms with Gasteiger partial charge < -0.3 is 79.3 Å². The summed E-state index contributed by atoms with van der Waals surface area (Å²) in [5.41, 5.74) is 0. The molecule has 0 spiro atoms. The molecule has 464 valence electrons. The highest BCUT2D eigenvalue weighted by molar-refractivity contribution is 7.83. The minimum Gasteiger partial charge on any atom is -0.479 e. The predicted molar refractivity (Wildman–Crippen MR) is 237 cm³/mol. The molecule has 0 saturated carbocycles. The first-order valence-corrected chi connectivity index (χ1v) is 29.2. The molecule has 8 rings (SSSR count). The van der Waals surface area contributed by atoms with Gasteiger partial charge in [0.1, 0.15) is 73.1 Å². The molecule has 0 unspecified atom stereocenters. The van der Waals surface area contributed by atoms with Gasteiger partial charge in [-0.05, 0) is 0 Å². The Hall–Kier alpha value is -2.92. The molecular weight excluding hydrogens is 1220 g/mol. The number of hydrogen-bond acceptors (Lipinski definition) is 34. The van der Waals surface area contributed by atoms with Gasteiger partial charge in [0.05, 0.1) is 53.2 Å². The molecule has 80 heavy (non-hydrogen) atoms. The van der Waals surface area contributed by atoms with Gasteiger partial charge in [-0.1, -0.05) is 0 Å². The summed E-state index contributed by atoms with van der Waals surface area (Å²) in [6.07, 6.45) is -49.1. The Morgan fingerprint density at radius 1 is 0.500 bits per heavy atom. The van der Waals surface area contributed by atoms with Crippen molar-refractivity contribution >= 4 is 69.7 Å². The second-order valence-corrected chi connectivity index (χ2v) is 23.6. The SMILES string of the molecule is C1N2CN3CN1CN(C2)C3.CC(=O)N[C@@H]1[C@@H](O)[C@H](O[C@@H]2O[C@H](C(=O)O)[C@@H](O[C@@H]3O[C@H](CO)[C@@H](O[C@H]4O[C@@H](C(=O)O)[C@H](O)[C@@H](O)[C@@H]4OS(=O)(=O)O)[C@H](OS(=O)(=O)O)[C@H]3NS(=O)(=O)O)[C@H](O)[C@H]2OS(=O)(=O)O)[C@H](COS(=O)(=O)O)O[C@H]1O. The van der Waals surface area contributed by atoms with Crippen molar-refractivity contribution in [3.05, 3.63) is 0 Å². The number of carboxylic acid groups (broad SMARTS) is 2. The molecule has 8 saturated heterocycles. The minimum absolute atomic E-state index is 0.840. The lowest BCUT2D eigenvalue weighted by atomic mass is 9.94. The number of rotatable bonds is 21. The quantitative estimate of drug-likeness (QED) is 0.0475. The Kier molecular flexibility index (Phi) is 21.3. The topological polar surface area (TPSA) is 623 Å². The molecule has 4 bridgehead atoms. The smallest absolute Gasteiger partial charge is 0.397 e. The van der Waals surface area contributed by atoms with E-state index < -0.39 is 206 Å². The Bertz CT molecular complexity index is 2730. The number of nitrogens with zero attached hydrogens (tertiary/aromatic N) is 4. The van der Waals surface area contributed by atoms with Crippen LogP contribution >= 0.6 is 0 Å². The van der Waals surface area contributed by atoms with E-state index in [-0.39, 0.29) is 0 Å². The maximum atomic E-state index is 12.7. The summed E-state index contributed by atoms with van der Waals surface area (Å²) < 4.78 is 222. The van der Waals surface area contributed by atoms with Crippen LogP contribution in [0, 0.1) is 0 Å². The third-order valence-electron chi connectivity index (χ3n) is 12.1. The number of ether oxygens (including phenoxy) is 7. The number of amides is 1. The van der Waals surface area contributed by atoms with Crippen LogP contribution in [-0.2, 0) is 116 Å². The third-order valence-corrected chi connectivity index (χ3v) is 14.5. The maximum absolute atomic E-state index is 12.7. The van der Waals surface area contributed by atoms with Crippen molar-refractivity contribution in [3.63, 3.8) is 0 Å². The molecular formula is C32H54N6O37S5. The van der Waals surface area contributed by atoms with Gasteiger partial charge in [0.15, 0.2) is 49.6 Å². The van der Waals surface area contributed by atoms with E-state index in [2.05, 4.69) is 36.3 Å². The number of aliphatic hydroxyl groups excluding tert-OH is 6. The fourth-order valence-electron chi connectivity index (χ4n) is 9.29. The summed E-state index contributed by atoms with van der Waals surface area (Å²) in [7, 11) is -29.1. The van der Waals surface area contributed by atoms with Crippen molar-refractivity contribution < 1.29 is 170 Å². The van der Waals surface area contributed by atoms with E-state index in [9.17, 15) is 116 Å². The first kappa shape index (κ1) is 66.2. The zero-order chi connectivity index (χ0) is 59.9. The molecule has 1 amide bonds. The van der Waals surface area contributed by atoms with Crippen molar-refractivity contribution in [2.45, 2.75) is 130 Å². The summed E-state index contributed by atoms with van der Waals surface area (Å²) in [6.45, 7) is 4.89. The molecule has 8 heterocycles. The number of hydrogen-bond donors (Lipinski definition) is 15. The fraction of sp³-hybridized carbons (Fsp3) is 0.906. The van der Waals surface area contributed by atoms with E-state index in [1.165, 1.54) is 44.7 Å². The normalized spacial score (nSPS) is 41.5. The van der Waals surface area contributed by atoms with Crippen LogP contribution in [0.25, 0.3) is 0 Å². The largest absolute Gasteiger partial charge is 0.479 e. The monoisotopic (exact) mass is 1270 g/mol. The average Bonchev–Trinajstić information content (AvgIpc) is 3.29. The van der Waals surface area contributed by atoms with Crippen LogP contribution in [0.2, 0.25) is 0 Å². The standard InChI is InChI=1S/C26H42N2O37S5.C6H12N4/c1-4(30)27-7-9(31)13(6(56-23(7)39)3-55-67(43,44)45)58-26-19(65-70(52,53)54)12(34)16(20(62-26)22(37)38)60-24-8(28-66(40,41)42)15(63-68(46,47)48)14(5(2-29)57-24)59-25-18(64-69(49,50)51)11(33)10(32)17(61-25)21(35)36;1-7-2-9-4-8(1)5-10(3-7)6-9/h5-20,23-26,28-29,31-34,39H,2-3H2,1H3,(H,27,30)(H,35,36)(H,37,38)(H,40,41,42)(H,43,44,45)(H,46,47,48)(H,49,50,51)(H,52,53,54);1-6H2/t5-,6+,7-,8-,9-,10-,11-,12+,13-,14-,15-,16+,17-,18+,19-,20+,23-,24+,25+,26-;/m1./s1. The van der Waals surface area contributed by atoms with E-state index in [0.717, 1.165) is 6.92 Å². The number of aliphatic hydroxyl groups is 6. The molecule has 0 aliphatic carbocycles. The van der Waals surface area contributed by atoms with Crippen LogP contribution in [0.3, 0.4) is 0 Å². The summed E-state index contributed by atoms with van der Waals surface area (Å²) in [4.78, 5) is 46.3. The Morgan fingerprint density at radius 3 is 1.36 bits per heavy atom. The van der Waals surface area contributed by atoms with E-state index >= 15 is 0 Å². The van der Waals surface area contributed by atoms with E-state index in [1.54, 1.807) is 0 Å². The van der Waals surface area contributed by atoms with Gasteiger partial charge >= 0.3 is 63.8 Å². The highest BCUT2D eigenvalue weighted by Crippen LogP contribution is 2.37. The number of carboxylic acids is 2. The van der Waals surface area contributed by atoms with Crippen LogP contribution < -0.4 is 10.0 Å².